The van der Waals surface area contributed by atoms with E-state index in [1.54, 1.807) is 0 Å². The predicted octanol–water partition coefficient (Wildman–Crippen LogP) is 3.53. The maximum absolute atomic E-state index is 6.14. The molecule has 0 aliphatic carbocycles. The van der Waals surface area contributed by atoms with Crippen LogP contribution in [-0.2, 0) is 4.74 Å². The molecule has 2 N–H and O–H groups in total. The number of rotatable bonds is 4. The van der Waals surface area contributed by atoms with E-state index < -0.39 is 0 Å². The Balaban J connectivity index is 2.75. The largest absolute Gasteiger partial charge is 0.368 e. The summed E-state index contributed by atoms with van der Waals surface area (Å²) in [4.78, 5) is 0. The van der Waals surface area contributed by atoms with E-state index in [9.17, 15) is 0 Å². The Morgan fingerprint density at radius 2 is 1.59 bits per heavy atom. The SMILES string of the molecule is CC(OC(C(C)N)C(C)(C)C)c1ccccc1. The molecule has 0 fully saturated rings. The van der Waals surface area contributed by atoms with Gasteiger partial charge in [0, 0.05) is 6.04 Å². The molecule has 0 saturated heterocycles. The van der Waals surface area contributed by atoms with E-state index in [-0.39, 0.29) is 23.7 Å². The molecule has 0 radical (unpaired) electrons. The Morgan fingerprint density at radius 3 is 2.00 bits per heavy atom. The van der Waals surface area contributed by atoms with Crippen molar-refractivity contribution >= 4 is 0 Å². The fraction of sp³-hybridized carbons (Fsp3) is 0.600. The highest BCUT2D eigenvalue weighted by Gasteiger charge is 2.30. The van der Waals surface area contributed by atoms with Crippen molar-refractivity contribution in [2.24, 2.45) is 11.1 Å². The third kappa shape index (κ3) is 4.14. The lowest BCUT2D eigenvalue weighted by Gasteiger charge is -2.35. The summed E-state index contributed by atoms with van der Waals surface area (Å²) >= 11 is 0. The van der Waals surface area contributed by atoms with Crippen molar-refractivity contribution < 1.29 is 4.74 Å². The van der Waals surface area contributed by atoms with Crippen LogP contribution in [0.15, 0.2) is 30.3 Å². The second-order valence-corrected chi connectivity index (χ2v) is 5.83. The molecule has 96 valence electrons. The maximum Gasteiger partial charge on any atom is 0.0801 e. The highest BCUT2D eigenvalue weighted by atomic mass is 16.5. The molecule has 1 rings (SSSR count). The van der Waals surface area contributed by atoms with Crippen LogP contribution in [0.1, 0.15) is 46.3 Å². The molecule has 1 aromatic rings. The molecule has 0 spiro atoms. The van der Waals surface area contributed by atoms with Gasteiger partial charge in [-0.05, 0) is 24.8 Å². The van der Waals surface area contributed by atoms with Crippen LogP contribution in [0.4, 0.5) is 0 Å². The first kappa shape index (κ1) is 14.2. The van der Waals surface area contributed by atoms with Crippen LogP contribution in [0.3, 0.4) is 0 Å². The zero-order valence-corrected chi connectivity index (χ0v) is 11.6. The van der Waals surface area contributed by atoms with Crippen LogP contribution in [0.2, 0.25) is 0 Å². The van der Waals surface area contributed by atoms with Crippen molar-refractivity contribution in [1.82, 2.24) is 0 Å². The number of nitrogens with two attached hydrogens (primary N) is 1. The third-order valence-electron chi connectivity index (χ3n) is 2.95. The molecule has 0 bridgehead atoms. The maximum atomic E-state index is 6.14. The molecule has 2 heteroatoms. The molecule has 0 aromatic heterocycles. The van der Waals surface area contributed by atoms with E-state index in [1.807, 2.05) is 25.1 Å². The Bertz CT molecular complexity index is 327. The van der Waals surface area contributed by atoms with Crippen molar-refractivity contribution in [2.75, 3.05) is 0 Å². The van der Waals surface area contributed by atoms with Gasteiger partial charge in [0.1, 0.15) is 0 Å². The van der Waals surface area contributed by atoms with Gasteiger partial charge in [-0.3, -0.25) is 0 Å². The number of benzene rings is 1. The Hall–Kier alpha value is -0.860. The lowest BCUT2D eigenvalue weighted by molar-refractivity contribution is -0.0709. The molecule has 0 aliphatic heterocycles. The van der Waals surface area contributed by atoms with Crippen molar-refractivity contribution in [2.45, 2.75) is 52.9 Å². The molecule has 3 unspecified atom stereocenters. The summed E-state index contributed by atoms with van der Waals surface area (Å²) < 4.78 is 6.14. The summed E-state index contributed by atoms with van der Waals surface area (Å²) in [5, 5.41) is 0. The Morgan fingerprint density at radius 1 is 1.06 bits per heavy atom. The van der Waals surface area contributed by atoms with E-state index in [0.717, 1.165) is 0 Å². The summed E-state index contributed by atoms with van der Waals surface area (Å²) in [5.74, 6) is 0. The van der Waals surface area contributed by atoms with E-state index in [4.69, 9.17) is 10.5 Å². The van der Waals surface area contributed by atoms with Gasteiger partial charge in [-0.2, -0.15) is 0 Å². The number of hydrogen-bond donors (Lipinski definition) is 1. The van der Waals surface area contributed by atoms with Crippen molar-refractivity contribution in [3.05, 3.63) is 35.9 Å². The molecule has 1 aromatic carbocycles. The van der Waals surface area contributed by atoms with Crippen LogP contribution in [0, 0.1) is 5.41 Å². The van der Waals surface area contributed by atoms with E-state index in [0.29, 0.717) is 0 Å². The number of ether oxygens (including phenoxy) is 1. The molecule has 0 aliphatic rings. The summed E-state index contributed by atoms with van der Waals surface area (Å²) in [5.41, 5.74) is 7.27. The molecule has 0 heterocycles. The van der Waals surface area contributed by atoms with Crippen LogP contribution in [0.5, 0.6) is 0 Å². The average Bonchev–Trinajstić information content (AvgIpc) is 2.24. The van der Waals surface area contributed by atoms with Gasteiger partial charge >= 0.3 is 0 Å². The molecule has 0 amide bonds. The van der Waals surface area contributed by atoms with Gasteiger partial charge < -0.3 is 10.5 Å². The molecule has 17 heavy (non-hydrogen) atoms. The first-order valence-electron chi connectivity index (χ1n) is 6.28. The topological polar surface area (TPSA) is 35.2 Å². The highest BCUT2D eigenvalue weighted by Crippen LogP contribution is 2.29. The lowest BCUT2D eigenvalue weighted by Crippen LogP contribution is -2.43. The normalized spacial score (nSPS) is 17.5. The van der Waals surface area contributed by atoms with Crippen molar-refractivity contribution in [3.8, 4) is 0 Å². The fourth-order valence-electron chi connectivity index (χ4n) is 2.14. The van der Waals surface area contributed by atoms with Crippen LogP contribution >= 0.6 is 0 Å². The second-order valence-electron chi connectivity index (χ2n) is 5.83. The number of hydrogen-bond acceptors (Lipinski definition) is 2. The van der Waals surface area contributed by atoms with Gasteiger partial charge in [0.05, 0.1) is 12.2 Å². The first-order valence-corrected chi connectivity index (χ1v) is 6.28. The van der Waals surface area contributed by atoms with Crippen LogP contribution in [-0.4, -0.2) is 12.1 Å². The van der Waals surface area contributed by atoms with Crippen molar-refractivity contribution in [1.29, 1.82) is 0 Å². The van der Waals surface area contributed by atoms with E-state index in [1.165, 1.54) is 5.56 Å². The second kappa shape index (κ2) is 5.65. The Labute approximate surface area is 105 Å². The van der Waals surface area contributed by atoms with Gasteiger partial charge in [0.2, 0.25) is 0 Å². The predicted molar refractivity (Wildman–Crippen MR) is 72.8 cm³/mol. The van der Waals surface area contributed by atoms with Gasteiger partial charge in [-0.1, -0.05) is 51.1 Å². The van der Waals surface area contributed by atoms with Crippen LogP contribution < -0.4 is 5.73 Å². The van der Waals surface area contributed by atoms with Crippen LogP contribution in [0.25, 0.3) is 0 Å². The van der Waals surface area contributed by atoms with Gasteiger partial charge in [0.15, 0.2) is 0 Å². The monoisotopic (exact) mass is 235 g/mol. The molecular formula is C15H25NO. The minimum atomic E-state index is 0.0289. The fourth-order valence-corrected chi connectivity index (χ4v) is 2.14. The smallest absolute Gasteiger partial charge is 0.0801 e. The first-order chi connectivity index (χ1) is 7.82. The van der Waals surface area contributed by atoms with E-state index >= 15 is 0 Å². The summed E-state index contributed by atoms with van der Waals surface area (Å²) in [6.07, 6.45) is 0.129. The summed E-state index contributed by atoms with van der Waals surface area (Å²) in [6, 6.07) is 10.3. The minimum absolute atomic E-state index is 0.0289. The molecule has 2 nitrogen and oxygen atoms in total. The standard InChI is InChI=1S/C15H25NO/c1-11(16)14(15(3,4)5)17-12(2)13-9-7-6-8-10-13/h6-12,14H,16H2,1-5H3. The molecule has 3 atom stereocenters. The van der Waals surface area contributed by atoms with E-state index in [2.05, 4.69) is 39.8 Å². The average molecular weight is 235 g/mol. The van der Waals surface area contributed by atoms with Gasteiger partial charge in [-0.25, -0.2) is 0 Å². The highest BCUT2D eigenvalue weighted by molar-refractivity contribution is 5.17. The quantitative estimate of drug-likeness (QED) is 0.866. The zero-order chi connectivity index (χ0) is 13.1. The minimum Gasteiger partial charge on any atom is -0.368 e. The zero-order valence-electron chi connectivity index (χ0n) is 11.6. The third-order valence-corrected chi connectivity index (χ3v) is 2.95. The van der Waals surface area contributed by atoms with Crippen molar-refractivity contribution in [3.63, 3.8) is 0 Å². The summed E-state index contributed by atoms with van der Waals surface area (Å²) in [6.45, 7) is 10.6. The lowest BCUT2D eigenvalue weighted by atomic mass is 9.85. The molecular weight excluding hydrogens is 210 g/mol. The van der Waals surface area contributed by atoms with Gasteiger partial charge in [-0.15, -0.1) is 0 Å². The molecule has 0 saturated carbocycles. The van der Waals surface area contributed by atoms with Gasteiger partial charge in [0.25, 0.3) is 0 Å². The summed E-state index contributed by atoms with van der Waals surface area (Å²) in [7, 11) is 0. The Kier molecular flexibility index (Phi) is 4.72.